The summed E-state index contributed by atoms with van der Waals surface area (Å²) in [5, 5.41) is 3.03. The van der Waals surface area contributed by atoms with Crippen molar-refractivity contribution >= 4 is 21.8 Å². The molecule has 1 amide bonds. The summed E-state index contributed by atoms with van der Waals surface area (Å²) in [6.45, 7) is 1.96. The second-order valence-corrected chi connectivity index (χ2v) is 6.73. The van der Waals surface area contributed by atoms with Gasteiger partial charge in [0.25, 0.3) is 0 Å². The van der Waals surface area contributed by atoms with E-state index in [1.54, 1.807) is 21.3 Å². The van der Waals surface area contributed by atoms with E-state index in [0.717, 1.165) is 21.3 Å². The standard InChI is InChI=1S/C20H24BrNO4/c1-13(15-7-9-17(24-2)16(21)12-15)22-20(23)10-6-14-5-8-18(25-3)19(11-14)26-4/h5,7-9,11-13H,6,10H2,1-4H3,(H,22,23). The Kier molecular flexibility index (Phi) is 7.33. The van der Waals surface area contributed by atoms with Gasteiger partial charge in [-0.15, -0.1) is 0 Å². The molecule has 0 spiro atoms. The zero-order chi connectivity index (χ0) is 19.1. The smallest absolute Gasteiger partial charge is 0.220 e. The van der Waals surface area contributed by atoms with E-state index in [9.17, 15) is 4.79 Å². The number of methoxy groups -OCH3 is 3. The van der Waals surface area contributed by atoms with Gasteiger partial charge in [-0.1, -0.05) is 12.1 Å². The lowest BCUT2D eigenvalue weighted by atomic mass is 10.1. The van der Waals surface area contributed by atoms with Gasteiger partial charge in [0, 0.05) is 6.42 Å². The van der Waals surface area contributed by atoms with Crippen molar-refractivity contribution in [1.29, 1.82) is 0 Å². The molecule has 0 bridgehead atoms. The molecule has 0 aliphatic carbocycles. The van der Waals surface area contributed by atoms with Crippen LogP contribution in [0.3, 0.4) is 0 Å². The maximum absolute atomic E-state index is 12.3. The molecule has 5 nitrogen and oxygen atoms in total. The zero-order valence-electron chi connectivity index (χ0n) is 15.5. The minimum atomic E-state index is -0.0879. The molecule has 0 aliphatic rings. The number of carbonyl (C=O) groups is 1. The van der Waals surface area contributed by atoms with Crippen LogP contribution < -0.4 is 19.5 Å². The summed E-state index contributed by atoms with van der Waals surface area (Å²) in [5.74, 6) is 2.11. The Bertz CT molecular complexity index is 763. The molecule has 0 heterocycles. The third-order valence-corrected chi connectivity index (χ3v) is 4.76. The van der Waals surface area contributed by atoms with Crippen molar-refractivity contribution in [1.82, 2.24) is 5.32 Å². The van der Waals surface area contributed by atoms with Crippen molar-refractivity contribution in [2.24, 2.45) is 0 Å². The van der Waals surface area contributed by atoms with Crippen molar-refractivity contribution in [3.8, 4) is 17.2 Å². The fourth-order valence-corrected chi connectivity index (χ4v) is 3.20. The monoisotopic (exact) mass is 421 g/mol. The van der Waals surface area contributed by atoms with E-state index in [2.05, 4.69) is 21.2 Å². The summed E-state index contributed by atoms with van der Waals surface area (Å²) < 4.78 is 16.6. The van der Waals surface area contributed by atoms with E-state index in [0.29, 0.717) is 24.3 Å². The Morgan fingerprint density at radius 2 is 1.65 bits per heavy atom. The van der Waals surface area contributed by atoms with Crippen LogP contribution in [-0.2, 0) is 11.2 Å². The maximum Gasteiger partial charge on any atom is 0.220 e. The van der Waals surface area contributed by atoms with Gasteiger partial charge in [0.15, 0.2) is 11.5 Å². The van der Waals surface area contributed by atoms with E-state index < -0.39 is 0 Å². The van der Waals surface area contributed by atoms with E-state index in [-0.39, 0.29) is 11.9 Å². The Morgan fingerprint density at radius 1 is 1.00 bits per heavy atom. The first kappa shape index (κ1) is 20.1. The first-order valence-corrected chi connectivity index (χ1v) is 9.11. The molecule has 1 atom stereocenters. The number of carbonyl (C=O) groups excluding carboxylic acids is 1. The third-order valence-electron chi connectivity index (χ3n) is 4.14. The van der Waals surface area contributed by atoms with Gasteiger partial charge in [-0.05, 0) is 64.7 Å². The van der Waals surface area contributed by atoms with Gasteiger partial charge in [-0.2, -0.15) is 0 Å². The fourth-order valence-electron chi connectivity index (χ4n) is 2.64. The lowest BCUT2D eigenvalue weighted by molar-refractivity contribution is -0.121. The van der Waals surface area contributed by atoms with Crippen molar-refractivity contribution < 1.29 is 19.0 Å². The van der Waals surface area contributed by atoms with Crippen LogP contribution in [0, 0.1) is 0 Å². The quantitative estimate of drug-likeness (QED) is 0.690. The molecule has 0 saturated heterocycles. The Labute approximate surface area is 162 Å². The van der Waals surface area contributed by atoms with Crippen LogP contribution in [0.2, 0.25) is 0 Å². The number of amides is 1. The van der Waals surface area contributed by atoms with E-state index in [1.807, 2.05) is 43.3 Å². The van der Waals surface area contributed by atoms with Gasteiger partial charge in [0.2, 0.25) is 5.91 Å². The first-order valence-electron chi connectivity index (χ1n) is 8.32. The molecule has 0 saturated carbocycles. The lowest BCUT2D eigenvalue weighted by Gasteiger charge is -2.16. The number of nitrogens with one attached hydrogen (secondary N) is 1. The summed E-state index contributed by atoms with van der Waals surface area (Å²) in [4.78, 5) is 12.3. The fraction of sp³-hybridized carbons (Fsp3) is 0.350. The number of aryl methyl sites for hydroxylation is 1. The molecule has 140 valence electrons. The summed E-state index contributed by atoms with van der Waals surface area (Å²) in [7, 11) is 4.83. The predicted octanol–water partition coefficient (Wildman–Crippen LogP) is 4.28. The third kappa shape index (κ3) is 5.14. The molecule has 0 radical (unpaired) electrons. The summed E-state index contributed by atoms with van der Waals surface area (Å²) >= 11 is 3.47. The molecule has 1 N–H and O–H groups in total. The van der Waals surface area contributed by atoms with E-state index in [1.165, 1.54) is 0 Å². The minimum Gasteiger partial charge on any atom is -0.496 e. The van der Waals surface area contributed by atoms with Gasteiger partial charge in [-0.3, -0.25) is 4.79 Å². The molecular formula is C20H24BrNO4. The minimum absolute atomic E-state index is 0.000717. The molecule has 2 rings (SSSR count). The van der Waals surface area contributed by atoms with Crippen LogP contribution in [0.1, 0.15) is 30.5 Å². The summed E-state index contributed by atoms with van der Waals surface area (Å²) in [6, 6.07) is 11.4. The van der Waals surface area contributed by atoms with Crippen molar-refractivity contribution in [3.05, 3.63) is 52.0 Å². The van der Waals surface area contributed by atoms with E-state index >= 15 is 0 Å². The molecule has 6 heteroatoms. The van der Waals surface area contributed by atoms with Gasteiger partial charge in [-0.25, -0.2) is 0 Å². The Balaban J connectivity index is 1.93. The van der Waals surface area contributed by atoms with Crippen LogP contribution in [0.15, 0.2) is 40.9 Å². The van der Waals surface area contributed by atoms with Crippen molar-refractivity contribution in [2.45, 2.75) is 25.8 Å². The topological polar surface area (TPSA) is 56.8 Å². The molecule has 0 aliphatic heterocycles. The number of hydrogen-bond donors (Lipinski definition) is 1. The normalized spacial score (nSPS) is 11.6. The maximum atomic E-state index is 12.3. The predicted molar refractivity (Wildman–Crippen MR) is 105 cm³/mol. The average molecular weight is 422 g/mol. The largest absolute Gasteiger partial charge is 0.496 e. The van der Waals surface area contributed by atoms with Crippen molar-refractivity contribution in [3.63, 3.8) is 0 Å². The number of rotatable bonds is 8. The molecule has 2 aromatic carbocycles. The molecule has 0 fully saturated rings. The van der Waals surface area contributed by atoms with Crippen LogP contribution >= 0.6 is 15.9 Å². The highest BCUT2D eigenvalue weighted by Gasteiger charge is 2.12. The molecule has 26 heavy (non-hydrogen) atoms. The summed E-state index contributed by atoms with van der Waals surface area (Å²) in [5.41, 5.74) is 2.04. The van der Waals surface area contributed by atoms with Gasteiger partial charge in [0.1, 0.15) is 5.75 Å². The summed E-state index contributed by atoms with van der Waals surface area (Å²) in [6.07, 6.45) is 1.03. The highest BCUT2D eigenvalue weighted by Crippen LogP contribution is 2.29. The molecule has 0 aromatic heterocycles. The number of benzene rings is 2. The Morgan fingerprint density at radius 3 is 2.27 bits per heavy atom. The SMILES string of the molecule is COc1ccc(C(C)NC(=O)CCc2ccc(OC)c(OC)c2)cc1Br. The lowest BCUT2D eigenvalue weighted by Crippen LogP contribution is -2.26. The highest BCUT2D eigenvalue weighted by molar-refractivity contribution is 9.10. The number of ether oxygens (including phenoxy) is 3. The second-order valence-electron chi connectivity index (χ2n) is 5.87. The first-order chi connectivity index (χ1) is 12.5. The number of halogens is 1. The average Bonchev–Trinajstić information content (AvgIpc) is 2.65. The molecular weight excluding hydrogens is 398 g/mol. The highest BCUT2D eigenvalue weighted by atomic mass is 79.9. The molecule has 2 aromatic rings. The van der Waals surface area contributed by atoms with Gasteiger partial charge < -0.3 is 19.5 Å². The second kappa shape index (κ2) is 9.48. The number of hydrogen-bond acceptors (Lipinski definition) is 4. The van der Waals surface area contributed by atoms with Crippen molar-refractivity contribution in [2.75, 3.05) is 21.3 Å². The Hall–Kier alpha value is -2.21. The zero-order valence-corrected chi connectivity index (χ0v) is 17.1. The van der Waals surface area contributed by atoms with Crippen LogP contribution in [-0.4, -0.2) is 27.2 Å². The van der Waals surface area contributed by atoms with Crippen LogP contribution in [0.4, 0.5) is 0 Å². The van der Waals surface area contributed by atoms with Gasteiger partial charge >= 0.3 is 0 Å². The van der Waals surface area contributed by atoms with Crippen LogP contribution in [0.25, 0.3) is 0 Å². The van der Waals surface area contributed by atoms with Gasteiger partial charge in [0.05, 0.1) is 31.8 Å². The molecule has 1 unspecified atom stereocenters. The van der Waals surface area contributed by atoms with E-state index in [4.69, 9.17) is 14.2 Å². The van der Waals surface area contributed by atoms with Crippen LogP contribution in [0.5, 0.6) is 17.2 Å².